The van der Waals surface area contributed by atoms with E-state index in [1.165, 1.54) is 12.2 Å². The molecular formula is C5H5F3NO. The largest absolute Gasteiger partial charge is 0.524 e. The Morgan fingerprint density at radius 3 is 2.60 bits per heavy atom. The van der Waals surface area contributed by atoms with E-state index in [0.29, 0.717) is 6.54 Å². The molecule has 1 aliphatic heterocycles. The molecule has 0 fully saturated rings. The van der Waals surface area contributed by atoms with E-state index < -0.39 is 12.6 Å². The Morgan fingerprint density at radius 2 is 2.20 bits per heavy atom. The van der Waals surface area contributed by atoms with Crippen molar-refractivity contribution in [3.05, 3.63) is 12.2 Å². The smallest absolute Gasteiger partial charge is 0.268 e. The van der Waals surface area contributed by atoms with E-state index in [0.717, 1.165) is 0 Å². The summed E-state index contributed by atoms with van der Waals surface area (Å²) in [6.45, 7) is 0.306. The van der Waals surface area contributed by atoms with Gasteiger partial charge in [-0.1, -0.05) is 6.08 Å². The van der Waals surface area contributed by atoms with Crippen molar-refractivity contribution < 1.29 is 17.9 Å². The highest BCUT2D eigenvalue weighted by Crippen LogP contribution is 2.19. The number of nitrogens with zero attached hydrogens (tertiary/aromatic N) is 1. The zero-order valence-corrected chi connectivity index (χ0v) is 4.93. The van der Waals surface area contributed by atoms with Gasteiger partial charge in [-0.25, -0.2) is 5.32 Å². The van der Waals surface area contributed by atoms with Crippen molar-refractivity contribution in [3.8, 4) is 0 Å². The Bertz CT molecular complexity index is 142. The Labute approximate surface area is 55.7 Å². The lowest BCUT2D eigenvalue weighted by atomic mass is 10.5. The number of hydrogen-bond acceptors (Lipinski definition) is 1. The molecule has 5 heteroatoms. The average molecular weight is 152 g/mol. The normalized spacial score (nSPS) is 25.7. The van der Waals surface area contributed by atoms with Crippen LogP contribution in [0.3, 0.4) is 0 Å². The standard InChI is InChI=1S/C5H5F3NO/c6-5(7,8)10-4-2-1-3-9-4/h1-2,4H,3H2. The van der Waals surface area contributed by atoms with Gasteiger partial charge in [0, 0.05) is 6.54 Å². The first-order chi connectivity index (χ1) is 4.58. The molecule has 1 atom stereocenters. The molecule has 1 unspecified atom stereocenters. The van der Waals surface area contributed by atoms with Gasteiger partial charge in [0.05, 0.1) is 0 Å². The molecule has 1 radical (unpaired) electrons. The summed E-state index contributed by atoms with van der Waals surface area (Å²) in [5, 5.41) is 3.47. The van der Waals surface area contributed by atoms with E-state index in [1.54, 1.807) is 0 Å². The van der Waals surface area contributed by atoms with Crippen LogP contribution in [0.4, 0.5) is 13.2 Å². The van der Waals surface area contributed by atoms with Crippen molar-refractivity contribution in [3.63, 3.8) is 0 Å². The fraction of sp³-hybridized carbons (Fsp3) is 0.600. The molecule has 0 aromatic rings. The zero-order valence-electron chi connectivity index (χ0n) is 4.93. The summed E-state index contributed by atoms with van der Waals surface area (Å²) in [7, 11) is 0. The Morgan fingerprint density at radius 1 is 1.50 bits per heavy atom. The molecule has 1 aliphatic rings. The number of ether oxygens (including phenoxy) is 1. The summed E-state index contributed by atoms with van der Waals surface area (Å²) < 4.78 is 37.7. The fourth-order valence-electron chi connectivity index (χ4n) is 0.616. The highest BCUT2D eigenvalue weighted by Gasteiger charge is 2.33. The summed E-state index contributed by atoms with van der Waals surface area (Å²) in [6.07, 6.45) is -2.91. The van der Waals surface area contributed by atoms with Gasteiger partial charge in [-0.05, 0) is 6.08 Å². The first-order valence-electron chi connectivity index (χ1n) is 2.66. The predicted octanol–water partition coefficient (Wildman–Crippen LogP) is 1.02. The third-order valence-corrected chi connectivity index (χ3v) is 0.946. The van der Waals surface area contributed by atoms with E-state index in [2.05, 4.69) is 10.1 Å². The maximum absolute atomic E-state index is 11.4. The van der Waals surface area contributed by atoms with Crippen molar-refractivity contribution in [2.75, 3.05) is 6.54 Å². The molecule has 0 spiro atoms. The van der Waals surface area contributed by atoms with E-state index in [1.807, 2.05) is 0 Å². The summed E-state index contributed by atoms with van der Waals surface area (Å²) in [4.78, 5) is 0. The number of alkyl halides is 3. The molecule has 1 rings (SSSR count). The van der Waals surface area contributed by atoms with Gasteiger partial charge in [0.15, 0.2) is 6.23 Å². The first-order valence-corrected chi connectivity index (χ1v) is 2.66. The van der Waals surface area contributed by atoms with Crippen LogP contribution in [-0.2, 0) is 4.74 Å². The summed E-state index contributed by atoms with van der Waals surface area (Å²) in [6, 6.07) is 0. The highest BCUT2D eigenvalue weighted by atomic mass is 19.4. The van der Waals surface area contributed by atoms with Crippen LogP contribution in [-0.4, -0.2) is 19.1 Å². The topological polar surface area (TPSA) is 23.3 Å². The van der Waals surface area contributed by atoms with Crippen molar-refractivity contribution in [1.82, 2.24) is 5.32 Å². The summed E-state index contributed by atoms with van der Waals surface area (Å²) in [5.74, 6) is 0. The molecule has 0 saturated carbocycles. The van der Waals surface area contributed by atoms with Crippen molar-refractivity contribution in [2.24, 2.45) is 0 Å². The van der Waals surface area contributed by atoms with Crippen LogP contribution in [0.15, 0.2) is 12.2 Å². The summed E-state index contributed by atoms with van der Waals surface area (Å²) >= 11 is 0. The van der Waals surface area contributed by atoms with Gasteiger partial charge in [0.1, 0.15) is 0 Å². The second-order valence-corrected chi connectivity index (χ2v) is 1.75. The van der Waals surface area contributed by atoms with Crippen LogP contribution >= 0.6 is 0 Å². The van der Waals surface area contributed by atoms with Crippen LogP contribution < -0.4 is 5.32 Å². The molecule has 57 valence electrons. The van der Waals surface area contributed by atoms with E-state index >= 15 is 0 Å². The monoisotopic (exact) mass is 152 g/mol. The van der Waals surface area contributed by atoms with E-state index in [4.69, 9.17) is 0 Å². The molecule has 1 heterocycles. The molecule has 0 N–H and O–H groups in total. The second-order valence-electron chi connectivity index (χ2n) is 1.75. The molecule has 0 aliphatic carbocycles. The minimum Gasteiger partial charge on any atom is -0.268 e. The number of hydrogen-bond donors (Lipinski definition) is 0. The molecular weight excluding hydrogens is 147 g/mol. The fourth-order valence-corrected chi connectivity index (χ4v) is 0.616. The van der Waals surface area contributed by atoms with Crippen LogP contribution in [0, 0.1) is 0 Å². The van der Waals surface area contributed by atoms with Crippen LogP contribution in [0.1, 0.15) is 0 Å². The summed E-state index contributed by atoms with van der Waals surface area (Å²) in [5.41, 5.74) is 0. The maximum Gasteiger partial charge on any atom is 0.524 e. The molecule has 2 nitrogen and oxygen atoms in total. The predicted molar refractivity (Wildman–Crippen MR) is 27.1 cm³/mol. The lowest BCUT2D eigenvalue weighted by Crippen LogP contribution is -2.27. The lowest BCUT2D eigenvalue weighted by Gasteiger charge is -2.10. The van der Waals surface area contributed by atoms with Gasteiger partial charge < -0.3 is 0 Å². The van der Waals surface area contributed by atoms with Crippen molar-refractivity contribution in [2.45, 2.75) is 12.6 Å². The average Bonchev–Trinajstić information content (AvgIpc) is 2.12. The minimum atomic E-state index is -4.58. The number of halogens is 3. The number of rotatable bonds is 1. The second kappa shape index (κ2) is 2.59. The highest BCUT2D eigenvalue weighted by molar-refractivity contribution is 4.97. The van der Waals surface area contributed by atoms with Crippen LogP contribution in [0.5, 0.6) is 0 Å². The van der Waals surface area contributed by atoms with Crippen molar-refractivity contribution >= 4 is 0 Å². The quantitative estimate of drug-likeness (QED) is 0.514. The van der Waals surface area contributed by atoms with Gasteiger partial charge in [-0.3, -0.25) is 4.74 Å². The Hall–Kier alpha value is -0.550. The maximum atomic E-state index is 11.4. The molecule has 0 saturated heterocycles. The third-order valence-electron chi connectivity index (χ3n) is 0.946. The van der Waals surface area contributed by atoms with Gasteiger partial charge in [0.25, 0.3) is 0 Å². The zero-order chi connectivity index (χ0) is 7.61. The van der Waals surface area contributed by atoms with Gasteiger partial charge in [0.2, 0.25) is 0 Å². The SMILES string of the molecule is FC(F)(F)OC1C=CC[N]1. The molecule has 0 bridgehead atoms. The van der Waals surface area contributed by atoms with Gasteiger partial charge >= 0.3 is 6.36 Å². The Kier molecular flexibility index (Phi) is 1.96. The third kappa shape index (κ3) is 2.36. The van der Waals surface area contributed by atoms with Crippen molar-refractivity contribution in [1.29, 1.82) is 0 Å². The first kappa shape index (κ1) is 7.56. The molecule has 0 aromatic heterocycles. The molecule has 0 aromatic carbocycles. The Balaban J connectivity index is 2.31. The lowest BCUT2D eigenvalue weighted by molar-refractivity contribution is -0.339. The van der Waals surface area contributed by atoms with Crippen LogP contribution in [0.2, 0.25) is 0 Å². The van der Waals surface area contributed by atoms with Gasteiger partial charge in [-0.15, -0.1) is 13.2 Å². The van der Waals surface area contributed by atoms with Gasteiger partial charge in [-0.2, -0.15) is 0 Å². The van der Waals surface area contributed by atoms with Crippen LogP contribution in [0.25, 0.3) is 0 Å². The molecule has 0 amide bonds. The minimum absolute atomic E-state index is 0.306. The van der Waals surface area contributed by atoms with E-state index in [-0.39, 0.29) is 0 Å². The van der Waals surface area contributed by atoms with E-state index in [9.17, 15) is 13.2 Å². The molecule has 10 heavy (non-hydrogen) atoms.